The summed E-state index contributed by atoms with van der Waals surface area (Å²) >= 11 is 0. The van der Waals surface area contributed by atoms with Crippen molar-refractivity contribution in [2.24, 2.45) is 0 Å². The number of aryl methyl sites for hydroxylation is 1. The first kappa shape index (κ1) is 23.2. The van der Waals surface area contributed by atoms with E-state index < -0.39 is 0 Å². The van der Waals surface area contributed by atoms with Gasteiger partial charge in [-0.3, -0.25) is 9.69 Å². The molecule has 2 rings (SSSR count). The highest BCUT2D eigenvalue weighted by atomic mass is 35.5. The van der Waals surface area contributed by atoms with Crippen LogP contribution in [0.1, 0.15) is 39.3 Å². The second-order valence-corrected chi connectivity index (χ2v) is 7.16. The molecule has 1 atom stereocenters. The Hall–Kier alpha value is -0.820. The van der Waals surface area contributed by atoms with Gasteiger partial charge in [0.15, 0.2) is 0 Å². The molecule has 1 fully saturated rings. The van der Waals surface area contributed by atoms with Crippen molar-refractivity contribution in [2.75, 3.05) is 32.0 Å². The molecule has 140 valence electrons. The van der Waals surface area contributed by atoms with Gasteiger partial charge in [0.25, 0.3) is 0 Å². The van der Waals surface area contributed by atoms with Crippen LogP contribution in [0.25, 0.3) is 0 Å². The smallest absolute Gasteiger partial charge is 0.239 e. The highest BCUT2D eigenvalue weighted by Gasteiger charge is 2.23. The molecule has 1 aliphatic rings. The predicted molar refractivity (Wildman–Crippen MR) is 104 cm³/mol. The number of hydrogen-bond donors (Lipinski definition) is 2. The summed E-state index contributed by atoms with van der Waals surface area (Å²) in [6.45, 7) is 10.5. The van der Waals surface area contributed by atoms with Crippen molar-refractivity contribution in [3.63, 3.8) is 0 Å². The van der Waals surface area contributed by atoms with E-state index in [9.17, 15) is 4.79 Å². The summed E-state index contributed by atoms with van der Waals surface area (Å²) in [5.41, 5.74) is 0.762. The molecule has 1 aromatic heterocycles. The lowest BCUT2D eigenvalue weighted by atomic mass is 10.1. The number of nitrogens with one attached hydrogen (secondary N) is 2. The average molecular weight is 380 g/mol. The number of piperidine rings is 1. The molecule has 0 spiro atoms. The molecule has 1 saturated heterocycles. The number of anilines is 1. The first-order chi connectivity index (χ1) is 10.3. The maximum absolute atomic E-state index is 12.3. The molecule has 2 heterocycles. The zero-order chi connectivity index (χ0) is 16.3. The molecular formula is C16H31Cl2N5O. The van der Waals surface area contributed by atoms with E-state index >= 15 is 0 Å². The average Bonchev–Trinajstić information content (AvgIpc) is 2.79. The van der Waals surface area contributed by atoms with Gasteiger partial charge < -0.3 is 10.6 Å². The highest BCUT2D eigenvalue weighted by molar-refractivity contribution is 5.91. The monoisotopic (exact) mass is 379 g/mol. The lowest BCUT2D eigenvalue weighted by Gasteiger charge is -2.32. The number of hydrogen-bond acceptors (Lipinski definition) is 4. The van der Waals surface area contributed by atoms with E-state index in [0.29, 0.717) is 12.6 Å². The molecule has 1 amide bonds. The molecule has 24 heavy (non-hydrogen) atoms. The fourth-order valence-corrected chi connectivity index (χ4v) is 2.92. The summed E-state index contributed by atoms with van der Waals surface area (Å²) in [6.07, 6.45) is 2.32. The first-order valence-corrected chi connectivity index (χ1v) is 8.06. The fourth-order valence-electron chi connectivity index (χ4n) is 2.92. The van der Waals surface area contributed by atoms with Gasteiger partial charge in [0, 0.05) is 18.7 Å². The van der Waals surface area contributed by atoms with Gasteiger partial charge >= 0.3 is 0 Å². The molecule has 1 unspecified atom stereocenters. The van der Waals surface area contributed by atoms with Gasteiger partial charge in [-0.2, -0.15) is 5.10 Å². The maximum atomic E-state index is 12.3. The topological polar surface area (TPSA) is 62.2 Å². The zero-order valence-corrected chi connectivity index (χ0v) is 16.9. The fraction of sp³-hybridized carbons (Fsp3) is 0.750. The third-order valence-corrected chi connectivity index (χ3v) is 4.02. The minimum Gasteiger partial charge on any atom is -0.316 e. The molecule has 0 radical (unpaired) electrons. The number of aromatic nitrogens is 2. The number of likely N-dealkylation sites (tertiary alicyclic amines) is 1. The van der Waals surface area contributed by atoms with Crippen molar-refractivity contribution in [3.05, 3.63) is 11.8 Å². The van der Waals surface area contributed by atoms with Gasteiger partial charge in [-0.25, -0.2) is 4.68 Å². The van der Waals surface area contributed by atoms with Crippen LogP contribution < -0.4 is 10.6 Å². The number of halogens is 2. The molecular weight excluding hydrogens is 349 g/mol. The van der Waals surface area contributed by atoms with E-state index in [2.05, 4.69) is 41.4 Å². The maximum Gasteiger partial charge on any atom is 0.239 e. The molecule has 0 bridgehead atoms. The van der Waals surface area contributed by atoms with E-state index in [1.165, 1.54) is 6.42 Å². The van der Waals surface area contributed by atoms with E-state index in [1.54, 1.807) is 0 Å². The van der Waals surface area contributed by atoms with Gasteiger partial charge in [0.2, 0.25) is 5.91 Å². The number of nitrogens with zero attached hydrogens (tertiary/aromatic N) is 3. The van der Waals surface area contributed by atoms with Crippen LogP contribution in [0.4, 0.5) is 5.82 Å². The second kappa shape index (κ2) is 9.61. The van der Waals surface area contributed by atoms with Crippen LogP contribution >= 0.6 is 24.8 Å². The number of likely N-dealkylation sites (N-methyl/N-ethyl adjacent to an activating group) is 1. The lowest BCUT2D eigenvalue weighted by molar-refractivity contribution is -0.117. The Morgan fingerprint density at radius 2 is 2.04 bits per heavy atom. The lowest BCUT2D eigenvalue weighted by Crippen LogP contribution is -2.47. The number of amides is 1. The minimum absolute atomic E-state index is 0. The summed E-state index contributed by atoms with van der Waals surface area (Å²) in [5.74, 6) is 0.805. The molecule has 2 N–H and O–H groups in total. The predicted octanol–water partition coefficient (Wildman–Crippen LogP) is 2.41. The Morgan fingerprint density at radius 3 is 2.62 bits per heavy atom. The number of rotatable bonds is 4. The summed E-state index contributed by atoms with van der Waals surface area (Å²) in [5, 5.41) is 10.8. The van der Waals surface area contributed by atoms with Crippen LogP contribution in [0, 0.1) is 6.92 Å². The van der Waals surface area contributed by atoms with Crippen LogP contribution in [0.2, 0.25) is 0 Å². The van der Waals surface area contributed by atoms with Crippen molar-refractivity contribution in [2.45, 2.75) is 52.1 Å². The first-order valence-electron chi connectivity index (χ1n) is 8.06. The van der Waals surface area contributed by atoms with Crippen LogP contribution in [-0.2, 0) is 10.3 Å². The Bertz CT molecular complexity index is 527. The van der Waals surface area contributed by atoms with E-state index in [1.807, 2.05) is 24.7 Å². The van der Waals surface area contributed by atoms with Crippen molar-refractivity contribution in [3.8, 4) is 0 Å². The van der Waals surface area contributed by atoms with Gasteiger partial charge in [-0.15, -0.1) is 24.8 Å². The zero-order valence-electron chi connectivity index (χ0n) is 15.3. The number of carbonyl (C=O) groups is 1. The van der Waals surface area contributed by atoms with Crippen molar-refractivity contribution >= 4 is 36.5 Å². The van der Waals surface area contributed by atoms with Crippen molar-refractivity contribution in [1.82, 2.24) is 20.0 Å². The number of carbonyl (C=O) groups excluding carboxylic acids is 1. The Morgan fingerprint density at radius 1 is 1.38 bits per heavy atom. The largest absolute Gasteiger partial charge is 0.316 e. The standard InChI is InChI=1S/C16H29N5O.2ClH/c1-12-9-14(21(19-12)16(2,3)4)18-15(22)11-20-8-6-7-13(10-20)17-5;;/h9,13,17H,6-8,10-11H2,1-5H3,(H,18,22);2*1H. The Kier molecular flexibility index (Phi) is 9.28. The van der Waals surface area contributed by atoms with Crippen LogP contribution in [0.5, 0.6) is 0 Å². The summed E-state index contributed by atoms with van der Waals surface area (Å²) < 4.78 is 1.88. The molecule has 1 aromatic rings. The molecule has 1 aliphatic heterocycles. The molecule has 0 aliphatic carbocycles. The summed E-state index contributed by atoms with van der Waals surface area (Å²) in [4.78, 5) is 14.6. The second-order valence-electron chi connectivity index (χ2n) is 7.16. The SMILES string of the molecule is CNC1CCCN(CC(=O)Nc2cc(C)nn2C(C)(C)C)C1.Cl.Cl. The van der Waals surface area contributed by atoms with Gasteiger partial charge in [0.05, 0.1) is 17.8 Å². The summed E-state index contributed by atoms with van der Waals surface area (Å²) in [6, 6.07) is 2.42. The van der Waals surface area contributed by atoms with Crippen molar-refractivity contribution in [1.29, 1.82) is 0 Å². The molecule has 8 heteroatoms. The van der Waals surface area contributed by atoms with Gasteiger partial charge in [-0.05, 0) is 54.1 Å². The van der Waals surface area contributed by atoms with E-state index in [-0.39, 0.29) is 36.3 Å². The van der Waals surface area contributed by atoms with E-state index in [0.717, 1.165) is 31.0 Å². The van der Waals surface area contributed by atoms with Gasteiger partial charge in [-0.1, -0.05) is 0 Å². The van der Waals surface area contributed by atoms with Crippen molar-refractivity contribution < 1.29 is 4.79 Å². The van der Waals surface area contributed by atoms with Crippen LogP contribution in [-0.4, -0.2) is 53.3 Å². The molecule has 0 saturated carbocycles. The molecule has 6 nitrogen and oxygen atoms in total. The van der Waals surface area contributed by atoms with Gasteiger partial charge in [0.1, 0.15) is 5.82 Å². The highest BCUT2D eigenvalue weighted by Crippen LogP contribution is 2.21. The van der Waals surface area contributed by atoms with Crippen LogP contribution in [0.3, 0.4) is 0 Å². The normalized spacial score (nSPS) is 18.5. The quantitative estimate of drug-likeness (QED) is 0.842. The Labute approximate surface area is 157 Å². The third kappa shape index (κ3) is 6.24. The Balaban J connectivity index is 0.00000264. The summed E-state index contributed by atoms with van der Waals surface area (Å²) in [7, 11) is 1.99. The minimum atomic E-state index is -0.154. The molecule has 0 aromatic carbocycles. The van der Waals surface area contributed by atoms with E-state index in [4.69, 9.17) is 0 Å². The third-order valence-electron chi connectivity index (χ3n) is 4.02. The van der Waals surface area contributed by atoms with Crippen LogP contribution in [0.15, 0.2) is 6.07 Å².